The Morgan fingerprint density at radius 2 is 1.09 bits per heavy atom. The Labute approximate surface area is 138 Å². The topological polar surface area (TPSA) is 71.4 Å². The molecule has 0 unspecified atom stereocenters. The fourth-order valence-corrected chi connectivity index (χ4v) is 0.340. The van der Waals surface area contributed by atoms with Crippen molar-refractivity contribution in [3.63, 3.8) is 0 Å². The van der Waals surface area contributed by atoms with E-state index in [0.29, 0.717) is 0 Å². The van der Waals surface area contributed by atoms with Gasteiger partial charge in [-0.25, -0.2) is 0 Å². The van der Waals surface area contributed by atoms with Crippen LogP contribution in [-0.4, -0.2) is 0 Å². The number of nitriles is 3. The second kappa shape index (κ2) is 14.5. The van der Waals surface area contributed by atoms with Gasteiger partial charge in [-0.2, -0.15) is 15.8 Å². The van der Waals surface area contributed by atoms with E-state index in [-0.39, 0.29) is 19.5 Å². The van der Waals surface area contributed by atoms with Gasteiger partial charge in [-0.15, -0.1) is 0 Å². The maximum atomic E-state index is 9.87. The molecule has 1 aliphatic carbocycles. The summed E-state index contributed by atoms with van der Waals surface area (Å²) in [5.74, 6) is 0. The van der Waals surface area contributed by atoms with Crippen LogP contribution in [-0.2, 0) is 19.5 Å². The fraction of sp³-hybridized carbons (Fsp3) is 0.364. The van der Waals surface area contributed by atoms with Crippen LogP contribution in [0, 0.1) is 40.1 Å². The van der Waals surface area contributed by atoms with Crippen molar-refractivity contribution in [3.05, 3.63) is 24.3 Å². The summed E-state index contributed by atoms with van der Waals surface area (Å²) in [4.78, 5) is 0. The number of nitrogens with zero attached hydrogens (tertiary/aromatic N) is 3. The smallest absolute Gasteiger partial charge is 0.0801 e. The Kier molecular flexibility index (Phi) is 21.5. The maximum absolute atomic E-state index is 10.7. The first-order valence-electron chi connectivity index (χ1n) is 4.90. The zero-order valence-corrected chi connectivity index (χ0v) is 14.5. The van der Waals surface area contributed by atoms with Crippen molar-refractivity contribution >= 4 is 7.81 Å². The van der Waals surface area contributed by atoms with Crippen molar-refractivity contribution in [2.75, 3.05) is 0 Å². The molecule has 1 rings (SSSR count). The zero-order valence-electron chi connectivity index (χ0n) is 11.8. The monoisotopic (exact) mass is 435 g/mol. The molecule has 0 N–H and O–H groups in total. The molecule has 0 fully saturated rings. The predicted molar refractivity (Wildman–Crippen MR) is 69.0 cm³/mol. The molecule has 0 saturated heterocycles. The Hall–Kier alpha value is -1.42. The molecule has 11 heteroatoms. The molecule has 0 spiro atoms. The van der Waals surface area contributed by atoms with Gasteiger partial charge in [-0.3, -0.25) is 0 Å². The second-order valence-electron chi connectivity index (χ2n) is 2.63. The van der Waals surface area contributed by atoms with E-state index < -0.39 is 7.81 Å². The molecular formula is C11H14F6N3PRu. The molecule has 22 heavy (non-hydrogen) atoms. The molecule has 0 amide bonds. The third-order valence-electron chi connectivity index (χ3n) is 0.586. The van der Waals surface area contributed by atoms with Crippen molar-refractivity contribution in [1.29, 1.82) is 15.8 Å². The molecule has 0 aliphatic heterocycles. The van der Waals surface area contributed by atoms with Crippen LogP contribution in [0.15, 0.2) is 18.2 Å². The third-order valence-corrected chi connectivity index (χ3v) is 0.586. The zero-order chi connectivity index (χ0) is 18.1. The SMILES string of the molecule is CC#N.CC#N.CC#N.F[P-](F)(F)(F)(F)F.[C]1=CC=CC1.[Ru+]. The minimum atomic E-state index is -10.7. The molecule has 0 heterocycles. The Balaban J connectivity index is -0.0000000572. The van der Waals surface area contributed by atoms with Gasteiger partial charge in [0, 0.05) is 20.8 Å². The number of hydrogen-bond acceptors (Lipinski definition) is 3. The van der Waals surface area contributed by atoms with Gasteiger partial charge < -0.3 is 0 Å². The van der Waals surface area contributed by atoms with E-state index in [1.807, 2.05) is 12.2 Å². The predicted octanol–water partition coefficient (Wildman–Crippen LogP) is 6.28. The number of hydrogen-bond donors (Lipinski definition) is 0. The van der Waals surface area contributed by atoms with Crippen molar-refractivity contribution in [2.45, 2.75) is 27.2 Å². The quantitative estimate of drug-likeness (QED) is 0.256. The van der Waals surface area contributed by atoms with Gasteiger partial charge in [0.1, 0.15) is 0 Å². The fourth-order valence-electron chi connectivity index (χ4n) is 0.340. The average molecular weight is 434 g/mol. The minimum absolute atomic E-state index is 0. The van der Waals surface area contributed by atoms with Crippen molar-refractivity contribution < 1.29 is 44.7 Å². The summed E-state index contributed by atoms with van der Waals surface area (Å²) in [6, 6.07) is 5.25. The number of rotatable bonds is 0. The molecule has 3 nitrogen and oxygen atoms in total. The van der Waals surface area contributed by atoms with E-state index in [9.17, 15) is 25.2 Å². The Morgan fingerprint density at radius 1 is 0.864 bits per heavy atom. The van der Waals surface area contributed by atoms with Crippen LogP contribution in [0.25, 0.3) is 0 Å². The molecule has 2 radical (unpaired) electrons. The van der Waals surface area contributed by atoms with E-state index in [1.165, 1.54) is 20.8 Å². The minimum Gasteiger partial charge on any atom is -0.0801 e. The molecule has 0 atom stereocenters. The van der Waals surface area contributed by atoms with Gasteiger partial charge in [0.25, 0.3) is 0 Å². The summed E-state index contributed by atoms with van der Waals surface area (Å²) in [6.07, 6.45) is 10.0. The summed E-state index contributed by atoms with van der Waals surface area (Å²) >= 11 is 0. The van der Waals surface area contributed by atoms with Crippen molar-refractivity contribution in [2.24, 2.45) is 0 Å². The van der Waals surface area contributed by atoms with Crippen LogP contribution in [0.3, 0.4) is 0 Å². The van der Waals surface area contributed by atoms with Crippen LogP contribution in [0.2, 0.25) is 0 Å². The second-order valence-corrected chi connectivity index (χ2v) is 4.55. The van der Waals surface area contributed by atoms with Gasteiger partial charge in [-0.1, -0.05) is 18.2 Å². The Morgan fingerprint density at radius 3 is 1.14 bits per heavy atom. The maximum Gasteiger partial charge on any atom is 1.00 e. The third kappa shape index (κ3) is 447. The van der Waals surface area contributed by atoms with Gasteiger partial charge in [0.2, 0.25) is 0 Å². The largest absolute Gasteiger partial charge is 1.00 e. The van der Waals surface area contributed by atoms with Gasteiger partial charge in [0.05, 0.1) is 18.2 Å². The molecule has 1 aliphatic rings. The Bertz CT molecular complexity index is 387. The van der Waals surface area contributed by atoms with E-state index in [4.69, 9.17) is 15.8 Å². The summed E-state index contributed by atoms with van der Waals surface area (Å²) in [5, 5.41) is 22.0. The van der Waals surface area contributed by atoms with E-state index >= 15 is 0 Å². The van der Waals surface area contributed by atoms with Crippen LogP contribution in [0.4, 0.5) is 25.2 Å². The first-order valence-corrected chi connectivity index (χ1v) is 6.93. The van der Waals surface area contributed by atoms with Crippen molar-refractivity contribution in [3.8, 4) is 18.2 Å². The summed E-state index contributed by atoms with van der Waals surface area (Å²) in [6.45, 7) is 4.29. The van der Waals surface area contributed by atoms with Gasteiger partial charge >= 0.3 is 52.5 Å². The average Bonchev–Trinajstić information content (AvgIpc) is 2.72. The van der Waals surface area contributed by atoms with Crippen LogP contribution in [0.1, 0.15) is 27.2 Å². The molecular weight excluding hydrogens is 420 g/mol. The summed E-state index contributed by atoms with van der Waals surface area (Å²) < 4.78 is 59.2. The molecule has 0 aromatic carbocycles. The first-order chi connectivity index (χ1) is 9.19. The van der Waals surface area contributed by atoms with Gasteiger partial charge in [0.15, 0.2) is 0 Å². The van der Waals surface area contributed by atoms with Crippen molar-refractivity contribution in [1.82, 2.24) is 0 Å². The number of allylic oxidation sites excluding steroid dienone is 4. The molecule has 128 valence electrons. The summed E-state index contributed by atoms with van der Waals surface area (Å²) in [5.41, 5.74) is 0. The van der Waals surface area contributed by atoms with E-state index in [1.54, 1.807) is 18.2 Å². The molecule has 0 saturated carbocycles. The van der Waals surface area contributed by atoms with Crippen LogP contribution in [0.5, 0.6) is 0 Å². The standard InChI is InChI=1S/C5H5.3C2H3N.F6P.Ru/c1-2-4-5-3-1;3*1-2-3;1-7(2,3,4,5)6;/h1-3H,4H2;3*1H3;;/q;;;;-1;+1. The molecule has 0 aromatic heterocycles. The molecule has 0 bridgehead atoms. The van der Waals surface area contributed by atoms with Gasteiger partial charge in [-0.05, 0) is 12.5 Å². The van der Waals surface area contributed by atoms with Crippen LogP contribution >= 0.6 is 7.81 Å². The normalized spacial score (nSPS) is 12.5. The van der Waals surface area contributed by atoms with E-state index in [2.05, 4.69) is 12.2 Å². The molecule has 0 aromatic rings. The van der Waals surface area contributed by atoms with E-state index in [0.717, 1.165) is 6.42 Å². The van der Waals surface area contributed by atoms with Crippen LogP contribution < -0.4 is 0 Å². The summed E-state index contributed by atoms with van der Waals surface area (Å²) in [7, 11) is -10.7. The number of halogens is 6. The first kappa shape index (κ1) is 32.5.